The van der Waals surface area contributed by atoms with E-state index in [2.05, 4.69) is 10.2 Å². The summed E-state index contributed by atoms with van der Waals surface area (Å²) in [6.45, 7) is 3.62. The number of rotatable bonds is 7. The number of methoxy groups -OCH3 is 1. The van der Waals surface area contributed by atoms with Gasteiger partial charge in [-0.2, -0.15) is 0 Å². The molecular weight excluding hydrogens is 340 g/mol. The first-order chi connectivity index (χ1) is 13.2. The van der Waals surface area contributed by atoms with Crippen molar-refractivity contribution in [3.63, 3.8) is 0 Å². The molecule has 3 rings (SSSR count). The van der Waals surface area contributed by atoms with Crippen molar-refractivity contribution in [2.75, 3.05) is 39.9 Å². The molecule has 1 atom stereocenters. The molecule has 1 saturated heterocycles. The van der Waals surface area contributed by atoms with Crippen LogP contribution in [0.4, 0.5) is 0 Å². The number of carbonyl (C=O) groups excluding carboxylic acids is 1. The van der Waals surface area contributed by atoms with Crippen LogP contribution in [0.5, 0.6) is 5.75 Å². The lowest BCUT2D eigenvalue weighted by molar-refractivity contribution is 0.0930. The zero-order valence-electron chi connectivity index (χ0n) is 15.9. The van der Waals surface area contributed by atoms with Crippen LogP contribution in [0.15, 0.2) is 48.5 Å². The Balaban J connectivity index is 1.59. The highest BCUT2D eigenvalue weighted by Crippen LogP contribution is 2.29. The molecule has 5 nitrogen and oxygen atoms in total. The van der Waals surface area contributed by atoms with E-state index in [0.29, 0.717) is 18.0 Å². The molecule has 5 heteroatoms. The highest BCUT2D eigenvalue weighted by atomic mass is 16.5. The average Bonchev–Trinajstić information content (AvgIpc) is 2.74. The van der Waals surface area contributed by atoms with Crippen LogP contribution in [0, 0.1) is 5.92 Å². The maximum absolute atomic E-state index is 12.5. The number of para-hydroxylation sites is 1. The van der Waals surface area contributed by atoms with E-state index in [0.717, 1.165) is 49.4 Å². The lowest BCUT2D eigenvalue weighted by Crippen LogP contribution is -2.41. The second-order valence-electron chi connectivity index (χ2n) is 7.03. The van der Waals surface area contributed by atoms with Gasteiger partial charge in [0.1, 0.15) is 5.75 Å². The first-order valence-electron chi connectivity index (χ1n) is 9.56. The Morgan fingerprint density at radius 2 is 2.11 bits per heavy atom. The number of benzene rings is 2. The monoisotopic (exact) mass is 368 g/mol. The molecule has 2 aromatic carbocycles. The van der Waals surface area contributed by atoms with Crippen molar-refractivity contribution in [3.05, 3.63) is 54.1 Å². The SMILES string of the molecule is COc1ccccc1-c1cccc(C(=O)NCCN2CCCC(CO)C2)c1. The fraction of sp³-hybridized carbons (Fsp3) is 0.409. The van der Waals surface area contributed by atoms with Crippen LogP contribution in [0.25, 0.3) is 11.1 Å². The van der Waals surface area contributed by atoms with E-state index in [1.165, 1.54) is 0 Å². The molecule has 144 valence electrons. The van der Waals surface area contributed by atoms with Crippen LogP contribution in [-0.2, 0) is 0 Å². The molecule has 1 aliphatic rings. The number of aliphatic hydroxyl groups is 1. The molecule has 0 spiro atoms. The highest BCUT2D eigenvalue weighted by Gasteiger charge is 2.19. The Hall–Kier alpha value is -2.37. The molecule has 2 N–H and O–H groups in total. The van der Waals surface area contributed by atoms with Crippen molar-refractivity contribution in [1.29, 1.82) is 0 Å². The molecule has 27 heavy (non-hydrogen) atoms. The van der Waals surface area contributed by atoms with Crippen LogP contribution in [-0.4, -0.2) is 55.8 Å². The first-order valence-corrected chi connectivity index (χ1v) is 9.56. The second kappa shape index (κ2) is 9.53. The third kappa shape index (κ3) is 5.08. The number of likely N-dealkylation sites (tertiary alicyclic amines) is 1. The zero-order valence-corrected chi connectivity index (χ0v) is 15.9. The summed E-state index contributed by atoms with van der Waals surface area (Å²) < 4.78 is 5.43. The number of nitrogens with zero attached hydrogens (tertiary/aromatic N) is 1. The molecule has 0 aliphatic carbocycles. The summed E-state index contributed by atoms with van der Waals surface area (Å²) in [5.41, 5.74) is 2.57. The van der Waals surface area contributed by atoms with Gasteiger partial charge in [0.25, 0.3) is 5.91 Å². The van der Waals surface area contributed by atoms with Gasteiger partial charge >= 0.3 is 0 Å². The lowest BCUT2D eigenvalue weighted by atomic mass is 9.99. The van der Waals surface area contributed by atoms with Gasteiger partial charge in [0, 0.05) is 37.4 Å². The fourth-order valence-corrected chi connectivity index (χ4v) is 3.64. The number of ether oxygens (including phenoxy) is 1. The van der Waals surface area contributed by atoms with Crippen LogP contribution in [0.2, 0.25) is 0 Å². The molecule has 1 fully saturated rings. The third-order valence-electron chi connectivity index (χ3n) is 5.12. The van der Waals surface area contributed by atoms with Gasteiger partial charge < -0.3 is 20.1 Å². The number of carbonyl (C=O) groups is 1. The van der Waals surface area contributed by atoms with Crippen LogP contribution >= 0.6 is 0 Å². The molecule has 1 unspecified atom stereocenters. The van der Waals surface area contributed by atoms with Gasteiger partial charge in [-0.25, -0.2) is 0 Å². The van der Waals surface area contributed by atoms with Crippen molar-refractivity contribution >= 4 is 5.91 Å². The van der Waals surface area contributed by atoms with Crippen molar-refractivity contribution in [3.8, 4) is 16.9 Å². The van der Waals surface area contributed by atoms with Gasteiger partial charge in [-0.1, -0.05) is 30.3 Å². The Labute approximate surface area is 161 Å². The number of hydrogen-bond acceptors (Lipinski definition) is 4. The number of aliphatic hydroxyl groups excluding tert-OH is 1. The third-order valence-corrected chi connectivity index (χ3v) is 5.12. The molecule has 0 radical (unpaired) electrons. The lowest BCUT2D eigenvalue weighted by Gasteiger charge is -2.31. The fourth-order valence-electron chi connectivity index (χ4n) is 3.64. The van der Waals surface area contributed by atoms with E-state index in [4.69, 9.17) is 4.74 Å². The predicted octanol–water partition coefficient (Wildman–Crippen LogP) is 2.80. The predicted molar refractivity (Wildman–Crippen MR) is 107 cm³/mol. The number of nitrogens with one attached hydrogen (secondary N) is 1. The Morgan fingerprint density at radius 3 is 2.93 bits per heavy atom. The van der Waals surface area contributed by atoms with E-state index in [1.54, 1.807) is 7.11 Å². The normalized spacial score (nSPS) is 17.5. The van der Waals surface area contributed by atoms with Crippen molar-refractivity contribution in [1.82, 2.24) is 10.2 Å². The summed E-state index contributed by atoms with van der Waals surface area (Å²) in [6, 6.07) is 15.4. The standard InChI is InChI=1S/C22H28N2O3/c1-27-21-10-3-2-9-20(21)18-7-4-8-19(14-18)22(26)23-11-13-24-12-5-6-17(15-24)16-25/h2-4,7-10,14,17,25H,5-6,11-13,15-16H2,1H3,(H,23,26). The Bertz CT molecular complexity index is 763. The number of piperidine rings is 1. The molecular formula is C22H28N2O3. The summed E-state index contributed by atoms with van der Waals surface area (Å²) in [4.78, 5) is 14.9. The molecule has 1 heterocycles. The maximum atomic E-state index is 12.5. The van der Waals surface area contributed by atoms with Gasteiger partial charge in [-0.05, 0) is 49.1 Å². The first kappa shape index (κ1) is 19.4. The number of amides is 1. The van der Waals surface area contributed by atoms with Crippen molar-refractivity contribution in [2.45, 2.75) is 12.8 Å². The molecule has 2 aromatic rings. The van der Waals surface area contributed by atoms with Crippen molar-refractivity contribution < 1.29 is 14.6 Å². The summed E-state index contributed by atoms with van der Waals surface area (Å²) >= 11 is 0. The topological polar surface area (TPSA) is 61.8 Å². The Kier molecular flexibility index (Phi) is 6.85. The zero-order chi connectivity index (χ0) is 19.1. The molecule has 1 amide bonds. The van der Waals surface area contributed by atoms with Gasteiger partial charge in [0.05, 0.1) is 7.11 Å². The Morgan fingerprint density at radius 1 is 1.26 bits per heavy atom. The van der Waals surface area contributed by atoms with Crippen LogP contribution in [0.1, 0.15) is 23.2 Å². The van der Waals surface area contributed by atoms with E-state index in [-0.39, 0.29) is 12.5 Å². The van der Waals surface area contributed by atoms with Crippen LogP contribution in [0.3, 0.4) is 0 Å². The summed E-state index contributed by atoms with van der Waals surface area (Å²) in [5.74, 6) is 1.09. The largest absolute Gasteiger partial charge is 0.496 e. The summed E-state index contributed by atoms with van der Waals surface area (Å²) in [7, 11) is 1.65. The van der Waals surface area contributed by atoms with E-state index in [1.807, 2.05) is 48.5 Å². The van der Waals surface area contributed by atoms with Gasteiger partial charge in [0.15, 0.2) is 0 Å². The maximum Gasteiger partial charge on any atom is 0.251 e. The summed E-state index contributed by atoms with van der Waals surface area (Å²) in [6.07, 6.45) is 2.20. The smallest absolute Gasteiger partial charge is 0.251 e. The van der Waals surface area contributed by atoms with E-state index < -0.39 is 0 Å². The van der Waals surface area contributed by atoms with Crippen LogP contribution < -0.4 is 10.1 Å². The van der Waals surface area contributed by atoms with E-state index >= 15 is 0 Å². The van der Waals surface area contributed by atoms with Gasteiger partial charge in [0.2, 0.25) is 0 Å². The van der Waals surface area contributed by atoms with Gasteiger partial charge in [-0.15, -0.1) is 0 Å². The molecule has 1 aliphatic heterocycles. The minimum atomic E-state index is -0.0672. The highest BCUT2D eigenvalue weighted by molar-refractivity contribution is 5.95. The minimum absolute atomic E-state index is 0.0672. The second-order valence-corrected chi connectivity index (χ2v) is 7.03. The number of hydrogen-bond donors (Lipinski definition) is 2. The van der Waals surface area contributed by atoms with Gasteiger partial charge in [-0.3, -0.25) is 4.79 Å². The molecule has 0 saturated carbocycles. The summed E-state index contributed by atoms with van der Waals surface area (Å²) in [5, 5.41) is 12.3. The average molecular weight is 368 g/mol. The van der Waals surface area contributed by atoms with Crippen molar-refractivity contribution in [2.24, 2.45) is 5.92 Å². The molecule has 0 aromatic heterocycles. The minimum Gasteiger partial charge on any atom is -0.496 e. The van der Waals surface area contributed by atoms with E-state index in [9.17, 15) is 9.90 Å². The quantitative estimate of drug-likeness (QED) is 0.789. The molecule has 0 bridgehead atoms.